The predicted molar refractivity (Wildman–Crippen MR) is 102 cm³/mol. The van der Waals surface area contributed by atoms with E-state index >= 15 is 0 Å². The predicted octanol–water partition coefficient (Wildman–Crippen LogP) is 6.22. The maximum absolute atomic E-state index is 4.87. The van der Waals surface area contributed by atoms with Gasteiger partial charge in [0.15, 0.2) is 0 Å². The molecule has 112 valence electrons. The van der Waals surface area contributed by atoms with E-state index in [1.54, 1.807) is 0 Å². The highest BCUT2D eigenvalue weighted by atomic mass is 79.9. The highest BCUT2D eigenvalue weighted by molar-refractivity contribution is 9.10. The lowest BCUT2D eigenvalue weighted by Gasteiger charge is -2.09. The van der Waals surface area contributed by atoms with Gasteiger partial charge in [-0.3, -0.25) is 4.57 Å². The number of para-hydroxylation sites is 1. The van der Waals surface area contributed by atoms with Gasteiger partial charge >= 0.3 is 0 Å². The van der Waals surface area contributed by atoms with E-state index in [1.165, 1.54) is 0 Å². The molecule has 0 saturated heterocycles. The zero-order chi connectivity index (χ0) is 15.8. The molecule has 0 aliphatic heterocycles. The van der Waals surface area contributed by atoms with Crippen LogP contribution in [-0.4, -0.2) is 9.55 Å². The molecule has 0 unspecified atom stereocenters. The monoisotopic (exact) mass is 426 g/mol. The molecular formula is C19H12Br2N2. The van der Waals surface area contributed by atoms with Crippen LogP contribution < -0.4 is 0 Å². The van der Waals surface area contributed by atoms with Crippen LogP contribution in [-0.2, 0) is 0 Å². The van der Waals surface area contributed by atoms with Gasteiger partial charge < -0.3 is 0 Å². The Morgan fingerprint density at radius 1 is 0.739 bits per heavy atom. The highest BCUT2D eigenvalue weighted by Crippen LogP contribution is 2.30. The second kappa shape index (κ2) is 5.95. The first-order valence-electron chi connectivity index (χ1n) is 7.22. The molecular weight excluding hydrogens is 416 g/mol. The van der Waals surface area contributed by atoms with Gasteiger partial charge in [0.25, 0.3) is 0 Å². The van der Waals surface area contributed by atoms with Crippen LogP contribution in [0.15, 0.2) is 81.7 Å². The van der Waals surface area contributed by atoms with Gasteiger partial charge in [0, 0.05) is 20.2 Å². The van der Waals surface area contributed by atoms with Crippen molar-refractivity contribution in [3.05, 3.63) is 81.7 Å². The number of fused-ring (bicyclic) bond motifs is 1. The van der Waals surface area contributed by atoms with Crippen LogP contribution in [0.1, 0.15) is 0 Å². The minimum absolute atomic E-state index is 0.941. The van der Waals surface area contributed by atoms with Gasteiger partial charge in [-0.15, -0.1) is 0 Å². The summed E-state index contributed by atoms with van der Waals surface area (Å²) in [5.74, 6) is 0.941. The van der Waals surface area contributed by atoms with Gasteiger partial charge in [-0.25, -0.2) is 4.98 Å². The van der Waals surface area contributed by atoms with Crippen molar-refractivity contribution in [3.8, 4) is 17.1 Å². The summed E-state index contributed by atoms with van der Waals surface area (Å²) in [6, 6.07) is 24.8. The summed E-state index contributed by atoms with van der Waals surface area (Å²) in [6.07, 6.45) is 0. The molecule has 4 aromatic rings. The Kier molecular flexibility index (Phi) is 3.79. The number of aromatic nitrogens is 2. The van der Waals surface area contributed by atoms with Crippen molar-refractivity contribution in [1.82, 2.24) is 9.55 Å². The molecule has 0 aliphatic rings. The number of imidazole rings is 1. The number of rotatable bonds is 2. The van der Waals surface area contributed by atoms with Crippen molar-refractivity contribution in [2.75, 3.05) is 0 Å². The molecule has 3 aromatic carbocycles. The second-order valence-electron chi connectivity index (χ2n) is 5.25. The number of hydrogen-bond donors (Lipinski definition) is 0. The maximum atomic E-state index is 4.87. The van der Waals surface area contributed by atoms with Crippen molar-refractivity contribution >= 4 is 42.9 Å². The first-order chi connectivity index (χ1) is 11.2. The van der Waals surface area contributed by atoms with E-state index in [-0.39, 0.29) is 0 Å². The molecule has 0 bridgehead atoms. The van der Waals surface area contributed by atoms with Crippen LogP contribution >= 0.6 is 31.9 Å². The van der Waals surface area contributed by atoms with E-state index in [9.17, 15) is 0 Å². The molecule has 4 heteroatoms. The van der Waals surface area contributed by atoms with Gasteiger partial charge in [0.05, 0.1) is 11.0 Å². The van der Waals surface area contributed by atoms with Crippen LogP contribution in [0.2, 0.25) is 0 Å². The molecule has 1 aromatic heterocycles. The molecule has 4 rings (SSSR count). The number of nitrogens with zero attached hydrogens (tertiary/aromatic N) is 2. The summed E-state index contributed by atoms with van der Waals surface area (Å²) in [7, 11) is 0. The largest absolute Gasteiger partial charge is 0.292 e. The molecule has 0 N–H and O–H groups in total. The summed E-state index contributed by atoms with van der Waals surface area (Å²) < 4.78 is 4.29. The molecule has 0 amide bonds. The van der Waals surface area contributed by atoms with Gasteiger partial charge in [-0.1, -0.05) is 62.2 Å². The van der Waals surface area contributed by atoms with Crippen LogP contribution in [0.4, 0.5) is 0 Å². The first kappa shape index (κ1) is 14.7. The Hall–Kier alpha value is -1.91. The molecule has 1 heterocycles. The van der Waals surface area contributed by atoms with E-state index in [0.29, 0.717) is 0 Å². The van der Waals surface area contributed by atoms with Gasteiger partial charge in [0.1, 0.15) is 5.82 Å². The van der Waals surface area contributed by atoms with Gasteiger partial charge in [-0.05, 0) is 42.5 Å². The van der Waals surface area contributed by atoms with Gasteiger partial charge in [0.2, 0.25) is 0 Å². The zero-order valence-corrected chi connectivity index (χ0v) is 15.3. The van der Waals surface area contributed by atoms with Crippen molar-refractivity contribution in [3.63, 3.8) is 0 Å². The van der Waals surface area contributed by atoms with Crippen molar-refractivity contribution in [1.29, 1.82) is 0 Å². The Labute approximate surface area is 151 Å². The Bertz CT molecular complexity index is 974. The molecule has 0 fully saturated rings. The number of halogens is 2. The summed E-state index contributed by atoms with van der Waals surface area (Å²) in [4.78, 5) is 4.87. The van der Waals surface area contributed by atoms with Crippen molar-refractivity contribution in [2.45, 2.75) is 0 Å². The van der Waals surface area contributed by atoms with Crippen molar-refractivity contribution in [2.24, 2.45) is 0 Å². The first-order valence-corrected chi connectivity index (χ1v) is 8.80. The average Bonchev–Trinajstić information content (AvgIpc) is 2.94. The van der Waals surface area contributed by atoms with E-state index in [0.717, 1.165) is 37.1 Å². The molecule has 2 nitrogen and oxygen atoms in total. The molecule has 0 spiro atoms. The lowest BCUT2D eigenvalue weighted by atomic mass is 10.2. The molecule has 0 radical (unpaired) electrons. The Balaban J connectivity index is 2.04. The number of hydrogen-bond acceptors (Lipinski definition) is 1. The smallest absolute Gasteiger partial charge is 0.145 e. The van der Waals surface area contributed by atoms with E-state index in [1.807, 2.05) is 30.3 Å². The second-order valence-corrected chi connectivity index (χ2v) is 7.08. The Morgan fingerprint density at radius 2 is 1.43 bits per heavy atom. The SMILES string of the molecule is Brc1ccc(-c2nc3cc(Br)ccc3n2-c2ccccc2)cc1. The summed E-state index contributed by atoms with van der Waals surface area (Å²) in [5.41, 5.74) is 4.26. The number of benzene rings is 3. The minimum atomic E-state index is 0.941. The fourth-order valence-electron chi connectivity index (χ4n) is 2.68. The molecule has 23 heavy (non-hydrogen) atoms. The zero-order valence-electron chi connectivity index (χ0n) is 12.1. The third-order valence-electron chi connectivity index (χ3n) is 3.73. The van der Waals surface area contributed by atoms with Crippen LogP contribution in [0.25, 0.3) is 28.1 Å². The minimum Gasteiger partial charge on any atom is -0.292 e. The Morgan fingerprint density at radius 3 is 2.17 bits per heavy atom. The highest BCUT2D eigenvalue weighted by Gasteiger charge is 2.14. The van der Waals surface area contributed by atoms with E-state index in [4.69, 9.17) is 4.98 Å². The van der Waals surface area contributed by atoms with Crippen molar-refractivity contribution < 1.29 is 0 Å². The standard InChI is InChI=1S/C19H12Br2N2/c20-14-8-6-13(7-9-14)19-22-17-12-15(21)10-11-18(17)23(19)16-4-2-1-3-5-16/h1-12H. The topological polar surface area (TPSA) is 17.8 Å². The lowest BCUT2D eigenvalue weighted by Crippen LogP contribution is -1.97. The summed E-state index contributed by atoms with van der Waals surface area (Å²) in [6.45, 7) is 0. The summed E-state index contributed by atoms with van der Waals surface area (Å²) >= 11 is 7.03. The average molecular weight is 428 g/mol. The molecule has 0 aliphatic carbocycles. The normalized spacial score (nSPS) is 11.0. The van der Waals surface area contributed by atoms with E-state index < -0.39 is 0 Å². The quantitative estimate of drug-likeness (QED) is 0.371. The fraction of sp³-hybridized carbons (Fsp3) is 0. The summed E-state index contributed by atoms with van der Waals surface area (Å²) in [5, 5.41) is 0. The molecule has 0 saturated carbocycles. The van der Waals surface area contributed by atoms with Crippen LogP contribution in [0.5, 0.6) is 0 Å². The maximum Gasteiger partial charge on any atom is 0.145 e. The van der Waals surface area contributed by atoms with Crippen LogP contribution in [0.3, 0.4) is 0 Å². The van der Waals surface area contributed by atoms with E-state index in [2.05, 4.69) is 78.9 Å². The van der Waals surface area contributed by atoms with Gasteiger partial charge in [-0.2, -0.15) is 0 Å². The lowest BCUT2D eigenvalue weighted by molar-refractivity contribution is 1.10. The third-order valence-corrected chi connectivity index (χ3v) is 4.76. The molecule has 0 atom stereocenters. The fourth-order valence-corrected chi connectivity index (χ4v) is 3.30. The van der Waals surface area contributed by atoms with Crippen LogP contribution in [0, 0.1) is 0 Å². The third kappa shape index (κ3) is 2.73.